The van der Waals surface area contributed by atoms with Crippen molar-refractivity contribution in [3.63, 3.8) is 0 Å². The number of aliphatic hydroxyl groups excluding tert-OH is 2. The van der Waals surface area contributed by atoms with Gasteiger partial charge in [0, 0.05) is 24.7 Å². The summed E-state index contributed by atoms with van der Waals surface area (Å²) >= 11 is 5.89. The Morgan fingerprint density at radius 3 is 2.50 bits per heavy atom. The summed E-state index contributed by atoms with van der Waals surface area (Å²) in [7, 11) is 0. The van der Waals surface area contributed by atoms with Gasteiger partial charge in [-0.15, -0.1) is 0 Å². The molecule has 2 N–H and O–H groups in total. The zero-order valence-corrected chi connectivity index (χ0v) is 9.36. The molecule has 1 heterocycles. The molecule has 1 saturated heterocycles. The van der Waals surface area contributed by atoms with Gasteiger partial charge in [-0.1, -0.05) is 17.7 Å². The van der Waals surface area contributed by atoms with Gasteiger partial charge in [0.05, 0.1) is 12.2 Å². The number of hydrogen-bond acceptors (Lipinski definition) is 3. The van der Waals surface area contributed by atoms with Crippen molar-refractivity contribution in [2.24, 2.45) is 0 Å². The first-order chi connectivity index (χ1) is 7.56. The Hall–Kier alpha value is -0.680. The summed E-state index contributed by atoms with van der Waals surface area (Å²) in [6.07, 6.45) is -1.42. The molecule has 0 aromatic heterocycles. The van der Waals surface area contributed by atoms with Gasteiger partial charge in [-0.25, -0.2) is 4.39 Å². The molecule has 1 aliphatic heterocycles. The predicted molar refractivity (Wildman–Crippen MR) is 58.7 cm³/mol. The second kappa shape index (κ2) is 4.67. The lowest BCUT2D eigenvalue weighted by Gasteiger charge is -2.15. The standard InChI is InChI=1S/C11H13ClFNO2/c12-9-3-8(13)2-1-7(9)4-14-5-10(15)11(16)6-14/h1-3,10-11,15-16H,4-6H2. The zero-order valence-electron chi connectivity index (χ0n) is 8.61. The van der Waals surface area contributed by atoms with Crippen LogP contribution in [0.25, 0.3) is 0 Å². The smallest absolute Gasteiger partial charge is 0.124 e. The largest absolute Gasteiger partial charge is 0.389 e. The number of rotatable bonds is 2. The van der Waals surface area contributed by atoms with E-state index in [1.807, 2.05) is 4.90 Å². The van der Waals surface area contributed by atoms with Gasteiger partial charge in [-0.2, -0.15) is 0 Å². The van der Waals surface area contributed by atoms with Crippen LogP contribution in [0.1, 0.15) is 5.56 Å². The number of hydrogen-bond donors (Lipinski definition) is 2. The highest BCUT2D eigenvalue weighted by Gasteiger charge is 2.29. The minimum absolute atomic E-state index is 0.366. The molecule has 0 bridgehead atoms. The SMILES string of the molecule is OC1CN(Cc2ccc(F)cc2Cl)CC1O. The van der Waals surface area contributed by atoms with Gasteiger partial charge in [0.15, 0.2) is 0 Å². The van der Waals surface area contributed by atoms with E-state index in [4.69, 9.17) is 11.6 Å². The van der Waals surface area contributed by atoms with Crippen LogP contribution in [0.3, 0.4) is 0 Å². The highest BCUT2D eigenvalue weighted by molar-refractivity contribution is 6.31. The van der Waals surface area contributed by atoms with Gasteiger partial charge >= 0.3 is 0 Å². The summed E-state index contributed by atoms with van der Waals surface area (Å²) in [6.45, 7) is 1.33. The third-order valence-electron chi connectivity index (χ3n) is 2.74. The summed E-state index contributed by atoms with van der Waals surface area (Å²) in [5, 5.41) is 19.1. The number of halogens is 2. The second-order valence-corrected chi connectivity index (χ2v) is 4.47. The van der Waals surface area contributed by atoms with Crippen molar-refractivity contribution in [2.75, 3.05) is 13.1 Å². The fourth-order valence-corrected chi connectivity index (χ4v) is 2.09. The summed E-state index contributed by atoms with van der Waals surface area (Å²) in [4.78, 5) is 1.88. The van der Waals surface area contributed by atoms with E-state index < -0.39 is 12.2 Å². The predicted octanol–water partition coefficient (Wildman–Crippen LogP) is 1.02. The third kappa shape index (κ3) is 2.52. The maximum atomic E-state index is 12.8. The molecule has 0 saturated carbocycles. The molecule has 1 aliphatic rings. The Labute approximate surface area is 98.1 Å². The van der Waals surface area contributed by atoms with Crippen LogP contribution in [0.4, 0.5) is 4.39 Å². The average Bonchev–Trinajstić information content (AvgIpc) is 2.51. The molecule has 88 valence electrons. The van der Waals surface area contributed by atoms with E-state index in [2.05, 4.69) is 0 Å². The van der Waals surface area contributed by atoms with Crippen molar-refractivity contribution < 1.29 is 14.6 Å². The maximum Gasteiger partial charge on any atom is 0.124 e. The molecule has 0 aliphatic carbocycles. The van der Waals surface area contributed by atoms with Crippen molar-refractivity contribution in [3.05, 3.63) is 34.6 Å². The molecule has 0 radical (unpaired) electrons. The van der Waals surface area contributed by atoms with Gasteiger partial charge in [0.25, 0.3) is 0 Å². The van der Waals surface area contributed by atoms with Crippen LogP contribution in [0, 0.1) is 5.82 Å². The van der Waals surface area contributed by atoms with Crippen molar-refractivity contribution in [2.45, 2.75) is 18.8 Å². The number of aliphatic hydroxyl groups is 2. The summed E-state index contributed by atoms with van der Waals surface area (Å²) < 4.78 is 12.8. The first-order valence-corrected chi connectivity index (χ1v) is 5.46. The van der Waals surface area contributed by atoms with E-state index in [-0.39, 0.29) is 5.82 Å². The average molecular weight is 246 g/mol. The summed E-state index contributed by atoms with van der Waals surface area (Å²) in [5.41, 5.74) is 0.796. The van der Waals surface area contributed by atoms with E-state index in [1.165, 1.54) is 12.1 Å². The van der Waals surface area contributed by atoms with Crippen LogP contribution in [-0.4, -0.2) is 40.4 Å². The van der Waals surface area contributed by atoms with Crippen LogP contribution in [0.2, 0.25) is 5.02 Å². The fourth-order valence-electron chi connectivity index (χ4n) is 1.87. The monoisotopic (exact) mass is 245 g/mol. The van der Waals surface area contributed by atoms with Crippen LogP contribution in [-0.2, 0) is 6.54 Å². The normalized spacial score (nSPS) is 26.2. The first-order valence-electron chi connectivity index (χ1n) is 5.08. The molecule has 0 spiro atoms. The van der Waals surface area contributed by atoms with Crippen LogP contribution in [0.5, 0.6) is 0 Å². The Morgan fingerprint density at radius 2 is 1.94 bits per heavy atom. The lowest BCUT2D eigenvalue weighted by Crippen LogP contribution is -2.22. The molecule has 2 rings (SSSR count). The number of nitrogens with zero attached hydrogens (tertiary/aromatic N) is 1. The van der Waals surface area contributed by atoms with Crippen LogP contribution >= 0.6 is 11.6 Å². The van der Waals surface area contributed by atoms with Crippen molar-refractivity contribution in [1.29, 1.82) is 0 Å². The van der Waals surface area contributed by atoms with E-state index in [0.717, 1.165) is 5.56 Å². The van der Waals surface area contributed by atoms with Crippen molar-refractivity contribution >= 4 is 11.6 Å². The third-order valence-corrected chi connectivity index (χ3v) is 3.10. The minimum Gasteiger partial charge on any atom is -0.389 e. The van der Waals surface area contributed by atoms with Gasteiger partial charge in [0.1, 0.15) is 5.82 Å². The Bertz CT molecular complexity index is 378. The first kappa shape index (κ1) is 11.8. The van der Waals surface area contributed by atoms with Crippen molar-refractivity contribution in [1.82, 2.24) is 4.90 Å². The van der Waals surface area contributed by atoms with Gasteiger partial charge in [-0.3, -0.25) is 4.90 Å². The van der Waals surface area contributed by atoms with Crippen LogP contribution < -0.4 is 0 Å². The molecule has 16 heavy (non-hydrogen) atoms. The van der Waals surface area contributed by atoms with E-state index in [9.17, 15) is 14.6 Å². The molecule has 1 fully saturated rings. The molecule has 2 atom stereocenters. The summed E-state index contributed by atoms with van der Waals surface area (Å²) in [6, 6.07) is 4.23. The van der Waals surface area contributed by atoms with E-state index in [0.29, 0.717) is 24.7 Å². The van der Waals surface area contributed by atoms with Gasteiger partial charge in [0.2, 0.25) is 0 Å². The fraction of sp³-hybridized carbons (Fsp3) is 0.455. The molecular formula is C11H13ClFNO2. The Balaban J connectivity index is 2.05. The quantitative estimate of drug-likeness (QED) is 0.818. The topological polar surface area (TPSA) is 43.7 Å². The molecule has 1 aromatic rings. The van der Waals surface area contributed by atoms with E-state index >= 15 is 0 Å². The van der Waals surface area contributed by atoms with Crippen molar-refractivity contribution in [3.8, 4) is 0 Å². The Kier molecular flexibility index (Phi) is 3.44. The lowest BCUT2D eigenvalue weighted by atomic mass is 10.2. The molecule has 3 nitrogen and oxygen atoms in total. The van der Waals surface area contributed by atoms with Crippen LogP contribution in [0.15, 0.2) is 18.2 Å². The van der Waals surface area contributed by atoms with E-state index in [1.54, 1.807) is 6.07 Å². The molecule has 5 heteroatoms. The zero-order chi connectivity index (χ0) is 11.7. The number of β-amino-alcohol motifs (C(OH)–C–C–N with tert-alkyl or cyclic N) is 2. The molecular weight excluding hydrogens is 233 g/mol. The number of likely N-dealkylation sites (tertiary alicyclic amines) is 1. The number of benzene rings is 1. The maximum absolute atomic E-state index is 12.8. The highest BCUT2D eigenvalue weighted by Crippen LogP contribution is 2.21. The molecule has 1 aromatic carbocycles. The Morgan fingerprint density at radius 1 is 1.31 bits per heavy atom. The molecule has 2 unspecified atom stereocenters. The molecule has 0 amide bonds. The minimum atomic E-state index is -0.709. The van der Waals surface area contributed by atoms with Gasteiger partial charge < -0.3 is 10.2 Å². The lowest BCUT2D eigenvalue weighted by molar-refractivity contribution is 0.0572. The second-order valence-electron chi connectivity index (χ2n) is 4.06. The highest BCUT2D eigenvalue weighted by atomic mass is 35.5. The van der Waals surface area contributed by atoms with Gasteiger partial charge in [-0.05, 0) is 17.7 Å². The summed E-state index contributed by atoms with van der Waals surface area (Å²) in [5.74, 6) is -0.366.